The van der Waals surface area contributed by atoms with Gasteiger partial charge in [0.05, 0.1) is 25.2 Å². The summed E-state index contributed by atoms with van der Waals surface area (Å²) in [7, 11) is 1.62. The molecule has 4 heteroatoms. The van der Waals surface area contributed by atoms with Gasteiger partial charge in [0.15, 0.2) is 5.65 Å². The molecule has 0 bridgehead atoms. The molecule has 0 aliphatic rings. The molecule has 0 atom stereocenters. The van der Waals surface area contributed by atoms with Gasteiger partial charge in [0.25, 0.3) is 0 Å². The average Bonchev–Trinajstić information content (AvgIpc) is 2.59. The third-order valence-corrected chi connectivity index (χ3v) is 2.14. The monoisotopic (exact) mass is 191 g/mol. The second-order valence-corrected chi connectivity index (χ2v) is 3.52. The number of imidazole rings is 1. The fourth-order valence-corrected chi connectivity index (χ4v) is 1.27. The van der Waals surface area contributed by atoms with Gasteiger partial charge in [-0.3, -0.25) is 0 Å². The highest BCUT2D eigenvalue weighted by molar-refractivity contribution is 5.43. The molecule has 74 valence electrons. The van der Waals surface area contributed by atoms with E-state index >= 15 is 0 Å². The van der Waals surface area contributed by atoms with Gasteiger partial charge in [-0.15, -0.1) is 0 Å². The first-order valence-corrected chi connectivity index (χ1v) is 4.60. The van der Waals surface area contributed by atoms with Crippen molar-refractivity contribution in [3.63, 3.8) is 0 Å². The second-order valence-electron chi connectivity index (χ2n) is 3.52. The fourth-order valence-electron chi connectivity index (χ4n) is 1.27. The lowest BCUT2D eigenvalue weighted by Crippen LogP contribution is -1.91. The number of aromatic nitrogens is 3. The summed E-state index contributed by atoms with van der Waals surface area (Å²) in [4.78, 5) is 4.44. The first kappa shape index (κ1) is 8.99. The second kappa shape index (κ2) is 3.29. The van der Waals surface area contributed by atoms with Gasteiger partial charge in [-0.25, -0.2) is 9.50 Å². The summed E-state index contributed by atoms with van der Waals surface area (Å²) in [5, 5.41) is 4.18. The van der Waals surface area contributed by atoms with Crippen molar-refractivity contribution in [3.8, 4) is 5.75 Å². The zero-order chi connectivity index (χ0) is 10.1. The van der Waals surface area contributed by atoms with Crippen LogP contribution in [0.1, 0.15) is 25.5 Å². The Morgan fingerprint density at radius 2 is 2.21 bits per heavy atom. The molecule has 0 unspecified atom stereocenters. The van der Waals surface area contributed by atoms with Gasteiger partial charge in [0.2, 0.25) is 0 Å². The summed E-state index contributed by atoms with van der Waals surface area (Å²) < 4.78 is 6.84. The Labute approximate surface area is 82.5 Å². The molecular weight excluding hydrogens is 178 g/mol. The van der Waals surface area contributed by atoms with Crippen molar-refractivity contribution < 1.29 is 4.74 Å². The predicted molar refractivity (Wildman–Crippen MR) is 53.6 cm³/mol. The van der Waals surface area contributed by atoms with E-state index in [1.54, 1.807) is 17.8 Å². The molecule has 0 saturated heterocycles. The smallest absolute Gasteiger partial charge is 0.157 e. The van der Waals surface area contributed by atoms with E-state index in [1.165, 1.54) is 0 Å². The van der Waals surface area contributed by atoms with Gasteiger partial charge < -0.3 is 4.74 Å². The van der Waals surface area contributed by atoms with Crippen LogP contribution in [0, 0.1) is 0 Å². The molecule has 2 heterocycles. The number of methoxy groups -OCH3 is 1. The third kappa shape index (κ3) is 1.43. The first-order chi connectivity index (χ1) is 6.70. The lowest BCUT2D eigenvalue weighted by molar-refractivity contribution is 0.411. The van der Waals surface area contributed by atoms with E-state index in [0.29, 0.717) is 5.92 Å². The van der Waals surface area contributed by atoms with Gasteiger partial charge in [-0.2, -0.15) is 5.10 Å². The normalized spacial score (nSPS) is 11.1. The first-order valence-electron chi connectivity index (χ1n) is 4.60. The molecule has 0 radical (unpaired) electrons. The minimum Gasteiger partial charge on any atom is -0.495 e. The maximum absolute atomic E-state index is 5.08. The minimum atomic E-state index is 0.419. The van der Waals surface area contributed by atoms with Crippen LogP contribution in [-0.4, -0.2) is 21.7 Å². The highest BCUT2D eigenvalue weighted by Crippen LogP contribution is 2.16. The quantitative estimate of drug-likeness (QED) is 0.727. The summed E-state index contributed by atoms with van der Waals surface area (Å²) in [6, 6.07) is 1.87. The fraction of sp³-hybridized carbons (Fsp3) is 0.400. The lowest BCUT2D eigenvalue weighted by Gasteiger charge is -1.97. The van der Waals surface area contributed by atoms with Crippen molar-refractivity contribution in [1.82, 2.24) is 14.6 Å². The van der Waals surface area contributed by atoms with Crippen molar-refractivity contribution in [3.05, 3.63) is 24.2 Å². The zero-order valence-corrected chi connectivity index (χ0v) is 8.56. The van der Waals surface area contributed by atoms with Crippen LogP contribution in [0.4, 0.5) is 0 Å². The van der Waals surface area contributed by atoms with Crippen LogP contribution in [0.25, 0.3) is 5.65 Å². The Bertz CT molecular complexity index is 448. The number of hydrogen-bond acceptors (Lipinski definition) is 3. The molecule has 2 aromatic rings. The third-order valence-electron chi connectivity index (χ3n) is 2.14. The Balaban J connectivity index is 2.54. The van der Waals surface area contributed by atoms with E-state index in [9.17, 15) is 0 Å². The molecule has 0 spiro atoms. The Kier molecular flexibility index (Phi) is 2.11. The van der Waals surface area contributed by atoms with Gasteiger partial charge in [0, 0.05) is 6.07 Å². The van der Waals surface area contributed by atoms with Gasteiger partial charge >= 0.3 is 0 Å². The summed E-state index contributed by atoms with van der Waals surface area (Å²) in [5.41, 5.74) is 1.87. The van der Waals surface area contributed by atoms with Crippen molar-refractivity contribution in [1.29, 1.82) is 0 Å². The molecule has 0 saturated carbocycles. The lowest BCUT2D eigenvalue weighted by atomic mass is 10.2. The molecule has 0 fully saturated rings. The van der Waals surface area contributed by atoms with E-state index in [4.69, 9.17) is 4.74 Å². The minimum absolute atomic E-state index is 0.419. The van der Waals surface area contributed by atoms with Gasteiger partial charge in [0.1, 0.15) is 5.75 Å². The maximum atomic E-state index is 5.08. The molecule has 2 aromatic heterocycles. The number of rotatable bonds is 2. The van der Waals surface area contributed by atoms with Crippen molar-refractivity contribution >= 4 is 5.65 Å². The van der Waals surface area contributed by atoms with Gasteiger partial charge in [-0.05, 0) is 5.92 Å². The Morgan fingerprint density at radius 3 is 2.86 bits per heavy atom. The molecule has 2 rings (SSSR count). The predicted octanol–water partition coefficient (Wildman–Crippen LogP) is 1.86. The molecule has 0 amide bonds. The van der Waals surface area contributed by atoms with E-state index in [-0.39, 0.29) is 0 Å². The van der Waals surface area contributed by atoms with Crippen LogP contribution in [-0.2, 0) is 0 Å². The molecule has 0 N–H and O–H groups in total. The number of fused-ring (bicyclic) bond motifs is 1. The molecule has 0 aliphatic carbocycles. The summed E-state index contributed by atoms with van der Waals surface area (Å²) in [6.45, 7) is 4.22. The van der Waals surface area contributed by atoms with E-state index in [2.05, 4.69) is 23.9 Å². The van der Waals surface area contributed by atoms with Crippen LogP contribution >= 0.6 is 0 Å². The molecule has 0 aliphatic heterocycles. The zero-order valence-electron chi connectivity index (χ0n) is 8.56. The Morgan fingerprint density at radius 1 is 1.43 bits per heavy atom. The molecule has 0 aromatic carbocycles. The van der Waals surface area contributed by atoms with Crippen LogP contribution in [0.15, 0.2) is 18.5 Å². The number of hydrogen-bond donors (Lipinski definition) is 0. The maximum Gasteiger partial charge on any atom is 0.157 e. The largest absolute Gasteiger partial charge is 0.495 e. The molecule has 14 heavy (non-hydrogen) atoms. The summed E-state index contributed by atoms with van der Waals surface area (Å²) >= 11 is 0. The van der Waals surface area contributed by atoms with Crippen molar-refractivity contribution in [2.75, 3.05) is 7.11 Å². The van der Waals surface area contributed by atoms with Gasteiger partial charge in [-0.1, -0.05) is 13.8 Å². The summed E-state index contributed by atoms with van der Waals surface area (Å²) in [5.74, 6) is 1.15. The van der Waals surface area contributed by atoms with Crippen molar-refractivity contribution in [2.24, 2.45) is 0 Å². The average molecular weight is 191 g/mol. The topological polar surface area (TPSA) is 39.4 Å². The SMILES string of the molecule is COc1cnn2cc(C(C)C)nc2c1. The molecular formula is C10H13N3O. The van der Waals surface area contributed by atoms with Crippen LogP contribution < -0.4 is 4.74 Å². The summed E-state index contributed by atoms with van der Waals surface area (Å²) in [6.07, 6.45) is 3.62. The van der Waals surface area contributed by atoms with Crippen molar-refractivity contribution in [2.45, 2.75) is 19.8 Å². The van der Waals surface area contributed by atoms with Crippen LogP contribution in [0.5, 0.6) is 5.75 Å². The number of ether oxygens (including phenoxy) is 1. The number of nitrogens with zero attached hydrogens (tertiary/aromatic N) is 3. The standard InChI is InChI=1S/C10H13N3O/c1-7(2)9-6-13-10(12-9)4-8(14-3)5-11-13/h4-7H,1-3H3. The van der Waals surface area contributed by atoms with E-state index in [1.807, 2.05) is 12.3 Å². The highest BCUT2D eigenvalue weighted by atomic mass is 16.5. The van der Waals surface area contributed by atoms with E-state index in [0.717, 1.165) is 17.1 Å². The van der Waals surface area contributed by atoms with Crippen LogP contribution in [0.3, 0.4) is 0 Å². The molecule has 4 nitrogen and oxygen atoms in total. The van der Waals surface area contributed by atoms with E-state index < -0.39 is 0 Å². The Hall–Kier alpha value is -1.58. The van der Waals surface area contributed by atoms with Crippen LogP contribution in [0.2, 0.25) is 0 Å². The highest BCUT2D eigenvalue weighted by Gasteiger charge is 2.06.